The van der Waals surface area contributed by atoms with Crippen LogP contribution < -0.4 is 15.8 Å². The number of pyridine rings is 1. The molecule has 0 aliphatic heterocycles. The van der Waals surface area contributed by atoms with E-state index in [2.05, 4.69) is 10.3 Å². The minimum Gasteiger partial charge on any atom is -0.476 e. The van der Waals surface area contributed by atoms with Gasteiger partial charge in [-0.2, -0.15) is 4.98 Å². The summed E-state index contributed by atoms with van der Waals surface area (Å²) in [5.41, 5.74) is 7.84. The Kier molecular flexibility index (Phi) is 3.85. The molecule has 0 aliphatic rings. The maximum atomic E-state index is 13.0. The zero-order valence-corrected chi connectivity index (χ0v) is 10.9. The molecule has 19 heavy (non-hydrogen) atoms. The third kappa shape index (κ3) is 3.13. The molecule has 0 atom stereocenters. The maximum Gasteiger partial charge on any atom is 0.239 e. The second-order valence-electron chi connectivity index (χ2n) is 4.11. The molecule has 0 bridgehead atoms. The van der Waals surface area contributed by atoms with E-state index in [9.17, 15) is 4.39 Å². The average Bonchev–Trinajstić information content (AvgIpc) is 2.37. The molecule has 2 rings (SSSR count). The van der Waals surface area contributed by atoms with Gasteiger partial charge >= 0.3 is 0 Å². The Morgan fingerprint density at radius 1 is 1.32 bits per heavy atom. The molecule has 5 heteroatoms. The van der Waals surface area contributed by atoms with E-state index in [1.165, 1.54) is 12.1 Å². The molecule has 1 aromatic carbocycles. The minimum atomic E-state index is -0.261. The fraction of sp³-hybridized carbons (Fsp3) is 0.214. The molecule has 4 nitrogen and oxygen atoms in total. The monoisotopic (exact) mass is 261 g/mol. The molecule has 3 N–H and O–H groups in total. The lowest BCUT2D eigenvalue weighted by Gasteiger charge is -2.11. The van der Waals surface area contributed by atoms with Gasteiger partial charge in [-0.25, -0.2) is 4.39 Å². The van der Waals surface area contributed by atoms with Crippen molar-refractivity contribution in [3.63, 3.8) is 0 Å². The van der Waals surface area contributed by atoms with Crippen molar-refractivity contribution < 1.29 is 9.13 Å². The number of hydrogen-bond acceptors (Lipinski definition) is 4. The van der Waals surface area contributed by atoms with Gasteiger partial charge in [0.1, 0.15) is 11.6 Å². The molecule has 0 fully saturated rings. The van der Waals surface area contributed by atoms with E-state index >= 15 is 0 Å². The van der Waals surface area contributed by atoms with E-state index in [0.717, 1.165) is 11.3 Å². The Bertz CT molecular complexity index is 587. The summed E-state index contributed by atoms with van der Waals surface area (Å²) in [6.07, 6.45) is 0. The van der Waals surface area contributed by atoms with Gasteiger partial charge in [-0.15, -0.1) is 0 Å². The highest BCUT2D eigenvalue weighted by molar-refractivity contribution is 5.63. The van der Waals surface area contributed by atoms with E-state index in [1.54, 1.807) is 18.2 Å². The fourth-order valence-corrected chi connectivity index (χ4v) is 1.68. The van der Waals surface area contributed by atoms with Crippen molar-refractivity contribution in [2.45, 2.75) is 13.8 Å². The van der Waals surface area contributed by atoms with E-state index in [4.69, 9.17) is 10.5 Å². The van der Waals surface area contributed by atoms with Crippen LogP contribution in [-0.2, 0) is 0 Å². The van der Waals surface area contributed by atoms with Crippen LogP contribution in [0.4, 0.5) is 21.6 Å². The number of nitrogen functional groups attached to an aromatic ring is 1. The highest BCUT2D eigenvalue weighted by atomic mass is 19.1. The van der Waals surface area contributed by atoms with Crippen LogP contribution in [0.3, 0.4) is 0 Å². The second kappa shape index (κ2) is 5.56. The van der Waals surface area contributed by atoms with Gasteiger partial charge in [0.05, 0.1) is 12.3 Å². The SMILES string of the molecule is CCOc1nc(Nc2ccc(F)cc2C)ccc1N. The van der Waals surface area contributed by atoms with Crippen LogP contribution in [-0.4, -0.2) is 11.6 Å². The molecular formula is C14H16FN3O. The summed E-state index contributed by atoms with van der Waals surface area (Å²) in [7, 11) is 0. The number of rotatable bonds is 4. The summed E-state index contributed by atoms with van der Waals surface area (Å²) < 4.78 is 18.4. The number of benzene rings is 1. The Balaban J connectivity index is 2.25. The molecule has 0 aliphatic carbocycles. The smallest absolute Gasteiger partial charge is 0.239 e. The summed E-state index contributed by atoms with van der Waals surface area (Å²) in [5.74, 6) is 0.739. The van der Waals surface area contributed by atoms with Crippen LogP contribution in [0.15, 0.2) is 30.3 Å². The van der Waals surface area contributed by atoms with Gasteiger partial charge in [0.15, 0.2) is 0 Å². The number of aromatic nitrogens is 1. The number of nitrogens with one attached hydrogen (secondary N) is 1. The zero-order chi connectivity index (χ0) is 13.8. The normalized spacial score (nSPS) is 10.3. The van der Waals surface area contributed by atoms with Crippen molar-refractivity contribution in [2.24, 2.45) is 0 Å². The third-order valence-corrected chi connectivity index (χ3v) is 2.62. The van der Waals surface area contributed by atoms with E-state index in [1.807, 2.05) is 13.8 Å². The topological polar surface area (TPSA) is 60.2 Å². The number of nitrogens with zero attached hydrogens (tertiary/aromatic N) is 1. The second-order valence-corrected chi connectivity index (χ2v) is 4.11. The van der Waals surface area contributed by atoms with Gasteiger partial charge in [-0.05, 0) is 49.7 Å². The van der Waals surface area contributed by atoms with Gasteiger partial charge in [0.2, 0.25) is 5.88 Å². The first-order valence-corrected chi connectivity index (χ1v) is 6.02. The summed E-state index contributed by atoms with van der Waals surface area (Å²) in [6, 6.07) is 8.00. The Morgan fingerprint density at radius 3 is 2.79 bits per heavy atom. The number of aryl methyl sites for hydroxylation is 1. The molecule has 0 unspecified atom stereocenters. The van der Waals surface area contributed by atoms with Crippen molar-refractivity contribution in [3.05, 3.63) is 41.7 Å². The molecule has 2 aromatic rings. The van der Waals surface area contributed by atoms with E-state index < -0.39 is 0 Å². The molecule has 1 heterocycles. The van der Waals surface area contributed by atoms with Gasteiger partial charge in [0.25, 0.3) is 0 Å². The fourth-order valence-electron chi connectivity index (χ4n) is 1.68. The first-order chi connectivity index (χ1) is 9.10. The van der Waals surface area contributed by atoms with Crippen LogP contribution in [0, 0.1) is 12.7 Å². The van der Waals surface area contributed by atoms with Crippen molar-refractivity contribution in [1.82, 2.24) is 4.98 Å². The predicted molar refractivity (Wildman–Crippen MR) is 74.2 cm³/mol. The number of nitrogens with two attached hydrogens (primary N) is 1. The number of ether oxygens (including phenoxy) is 1. The average molecular weight is 261 g/mol. The molecule has 0 saturated carbocycles. The summed E-state index contributed by atoms with van der Waals surface area (Å²) in [5, 5.41) is 3.11. The summed E-state index contributed by atoms with van der Waals surface area (Å²) in [4.78, 5) is 4.27. The first kappa shape index (κ1) is 13.1. The molecule has 0 radical (unpaired) electrons. The standard InChI is InChI=1S/C14H16FN3O/c1-3-19-14-11(16)5-7-13(18-14)17-12-6-4-10(15)8-9(12)2/h4-8H,3,16H2,1-2H3,(H,17,18). The molecule has 0 amide bonds. The lowest BCUT2D eigenvalue weighted by molar-refractivity contribution is 0.329. The lowest BCUT2D eigenvalue weighted by Crippen LogP contribution is -2.02. The molecule has 0 saturated heterocycles. The Morgan fingerprint density at radius 2 is 2.11 bits per heavy atom. The maximum absolute atomic E-state index is 13.0. The van der Waals surface area contributed by atoms with Crippen LogP contribution >= 0.6 is 0 Å². The first-order valence-electron chi connectivity index (χ1n) is 6.02. The number of halogens is 1. The highest BCUT2D eigenvalue weighted by Crippen LogP contribution is 2.25. The summed E-state index contributed by atoms with van der Waals surface area (Å²) in [6.45, 7) is 4.19. The Labute approximate surface area is 111 Å². The number of hydrogen-bond donors (Lipinski definition) is 2. The largest absolute Gasteiger partial charge is 0.476 e. The van der Waals surface area contributed by atoms with Crippen molar-refractivity contribution >= 4 is 17.2 Å². The van der Waals surface area contributed by atoms with E-state index in [-0.39, 0.29) is 5.82 Å². The van der Waals surface area contributed by atoms with E-state index in [0.29, 0.717) is 24.0 Å². The zero-order valence-electron chi connectivity index (χ0n) is 10.9. The van der Waals surface area contributed by atoms with Gasteiger partial charge < -0.3 is 15.8 Å². The molecule has 1 aromatic heterocycles. The quantitative estimate of drug-likeness (QED) is 0.886. The minimum absolute atomic E-state index is 0.261. The Hall–Kier alpha value is -2.30. The van der Waals surface area contributed by atoms with Crippen LogP contribution in [0.2, 0.25) is 0 Å². The van der Waals surface area contributed by atoms with Crippen molar-refractivity contribution in [1.29, 1.82) is 0 Å². The van der Waals surface area contributed by atoms with Gasteiger partial charge in [-0.3, -0.25) is 0 Å². The lowest BCUT2D eigenvalue weighted by atomic mass is 10.2. The predicted octanol–water partition coefficient (Wildman–Crippen LogP) is 3.25. The van der Waals surface area contributed by atoms with Gasteiger partial charge in [0, 0.05) is 5.69 Å². The van der Waals surface area contributed by atoms with Gasteiger partial charge in [-0.1, -0.05) is 0 Å². The van der Waals surface area contributed by atoms with Crippen molar-refractivity contribution in [3.8, 4) is 5.88 Å². The van der Waals surface area contributed by atoms with Crippen molar-refractivity contribution in [2.75, 3.05) is 17.7 Å². The van der Waals surface area contributed by atoms with Crippen LogP contribution in [0.25, 0.3) is 0 Å². The molecule has 0 spiro atoms. The highest BCUT2D eigenvalue weighted by Gasteiger charge is 2.06. The summed E-state index contributed by atoms with van der Waals surface area (Å²) >= 11 is 0. The van der Waals surface area contributed by atoms with Crippen LogP contribution in [0.5, 0.6) is 5.88 Å². The molecular weight excluding hydrogens is 245 g/mol. The third-order valence-electron chi connectivity index (χ3n) is 2.62. The van der Waals surface area contributed by atoms with Crippen LogP contribution in [0.1, 0.15) is 12.5 Å². The molecule has 100 valence electrons. The number of anilines is 3.